The zero-order chi connectivity index (χ0) is 13.8. The first-order valence-corrected chi connectivity index (χ1v) is 6.95. The lowest BCUT2D eigenvalue weighted by molar-refractivity contribution is 0.0946. The summed E-state index contributed by atoms with van der Waals surface area (Å²) < 4.78 is 0.712. The van der Waals surface area contributed by atoms with Crippen LogP contribution in [0.5, 0.6) is 0 Å². The van der Waals surface area contributed by atoms with Crippen molar-refractivity contribution in [2.24, 2.45) is 0 Å². The SMILES string of the molecule is O=C(NCc1ccc(Cl)cc1)c1cc(Br)cc(Cl)n1. The fraction of sp³-hybridized carbons (Fsp3) is 0.0769. The number of amides is 1. The zero-order valence-corrected chi connectivity index (χ0v) is 12.8. The van der Waals surface area contributed by atoms with Gasteiger partial charge in [0.05, 0.1) is 0 Å². The van der Waals surface area contributed by atoms with Crippen LogP contribution in [0.4, 0.5) is 0 Å². The van der Waals surface area contributed by atoms with Crippen LogP contribution in [0.25, 0.3) is 0 Å². The summed E-state index contributed by atoms with van der Waals surface area (Å²) in [4.78, 5) is 15.9. The predicted octanol–water partition coefficient (Wildman–Crippen LogP) is 4.08. The van der Waals surface area contributed by atoms with Gasteiger partial charge in [0.25, 0.3) is 5.91 Å². The highest BCUT2D eigenvalue weighted by atomic mass is 79.9. The first kappa shape index (κ1) is 14.3. The largest absolute Gasteiger partial charge is 0.347 e. The molecule has 0 saturated carbocycles. The molecule has 2 aromatic rings. The summed E-state index contributed by atoms with van der Waals surface area (Å²) in [5.41, 5.74) is 1.23. The van der Waals surface area contributed by atoms with Crippen LogP contribution in [0.2, 0.25) is 10.2 Å². The van der Waals surface area contributed by atoms with Gasteiger partial charge in [-0.3, -0.25) is 4.79 Å². The molecule has 0 aliphatic carbocycles. The quantitative estimate of drug-likeness (QED) is 0.839. The van der Waals surface area contributed by atoms with Gasteiger partial charge in [-0.25, -0.2) is 4.98 Å². The van der Waals surface area contributed by atoms with Crippen molar-refractivity contribution in [3.05, 3.63) is 62.3 Å². The lowest BCUT2D eigenvalue weighted by atomic mass is 10.2. The summed E-state index contributed by atoms with van der Waals surface area (Å²) in [6.45, 7) is 0.405. The Bertz CT molecular complexity index is 582. The maximum atomic E-state index is 11.9. The summed E-state index contributed by atoms with van der Waals surface area (Å²) in [7, 11) is 0. The maximum Gasteiger partial charge on any atom is 0.270 e. The number of carbonyl (C=O) groups is 1. The second-order valence-electron chi connectivity index (χ2n) is 3.80. The Morgan fingerprint density at radius 2 is 1.89 bits per heavy atom. The summed E-state index contributed by atoms with van der Waals surface area (Å²) in [6, 6.07) is 10.5. The van der Waals surface area contributed by atoms with Crippen molar-refractivity contribution in [1.82, 2.24) is 10.3 Å². The smallest absolute Gasteiger partial charge is 0.270 e. The highest BCUT2D eigenvalue weighted by Gasteiger charge is 2.09. The van der Waals surface area contributed by atoms with Crippen LogP contribution in [-0.4, -0.2) is 10.9 Å². The van der Waals surface area contributed by atoms with E-state index in [1.54, 1.807) is 24.3 Å². The van der Waals surface area contributed by atoms with E-state index < -0.39 is 0 Å². The van der Waals surface area contributed by atoms with Gasteiger partial charge in [0.1, 0.15) is 10.8 Å². The molecule has 1 aromatic heterocycles. The number of nitrogens with one attached hydrogen (secondary N) is 1. The minimum atomic E-state index is -0.279. The molecule has 1 aromatic carbocycles. The molecule has 0 saturated heterocycles. The van der Waals surface area contributed by atoms with E-state index in [1.807, 2.05) is 12.1 Å². The molecule has 19 heavy (non-hydrogen) atoms. The molecule has 0 radical (unpaired) electrons. The fourth-order valence-corrected chi connectivity index (χ4v) is 2.36. The van der Waals surface area contributed by atoms with Gasteiger partial charge in [-0.15, -0.1) is 0 Å². The van der Waals surface area contributed by atoms with Crippen molar-refractivity contribution in [2.75, 3.05) is 0 Å². The molecular formula is C13H9BrCl2N2O. The third kappa shape index (κ3) is 4.20. The number of nitrogens with zero attached hydrogens (tertiary/aromatic N) is 1. The van der Waals surface area contributed by atoms with Crippen LogP contribution >= 0.6 is 39.1 Å². The molecule has 2 rings (SSSR count). The molecule has 1 N–H and O–H groups in total. The number of benzene rings is 1. The summed E-state index contributed by atoms with van der Waals surface area (Å²) in [5.74, 6) is -0.279. The Labute approximate surface area is 129 Å². The van der Waals surface area contributed by atoms with Gasteiger partial charge in [0.2, 0.25) is 0 Å². The van der Waals surface area contributed by atoms with Gasteiger partial charge in [-0.1, -0.05) is 51.3 Å². The number of carbonyl (C=O) groups excluding carboxylic acids is 1. The summed E-state index contributed by atoms with van der Waals surface area (Å²) in [5, 5.41) is 3.70. The second kappa shape index (κ2) is 6.37. The molecular weight excluding hydrogens is 351 g/mol. The third-order valence-corrected chi connectivity index (χ3v) is 3.26. The van der Waals surface area contributed by atoms with Crippen LogP contribution in [0, 0.1) is 0 Å². The standard InChI is InChI=1S/C13H9BrCl2N2O/c14-9-5-11(18-12(16)6-9)13(19)17-7-8-1-3-10(15)4-2-8/h1-6H,7H2,(H,17,19). The van der Waals surface area contributed by atoms with E-state index >= 15 is 0 Å². The van der Waals surface area contributed by atoms with Gasteiger partial charge in [0, 0.05) is 16.0 Å². The van der Waals surface area contributed by atoms with E-state index in [9.17, 15) is 4.79 Å². The van der Waals surface area contributed by atoms with Gasteiger partial charge in [-0.05, 0) is 29.8 Å². The Morgan fingerprint density at radius 3 is 2.53 bits per heavy atom. The Morgan fingerprint density at radius 1 is 1.21 bits per heavy atom. The molecule has 0 spiro atoms. The van der Waals surface area contributed by atoms with Crippen LogP contribution in [0.1, 0.15) is 16.1 Å². The van der Waals surface area contributed by atoms with E-state index in [-0.39, 0.29) is 16.8 Å². The lowest BCUT2D eigenvalue weighted by Gasteiger charge is -2.06. The van der Waals surface area contributed by atoms with E-state index in [1.165, 1.54) is 0 Å². The third-order valence-electron chi connectivity index (χ3n) is 2.36. The molecule has 3 nitrogen and oxygen atoms in total. The molecule has 0 bridgehead atoms. The number of hydrogen-bond donors (Lipinski definition) is 1. The number of hydrogen-bond acceptors (Lipinski definition) is 2. The normalized spacial score (nSPS) is 10.3. The van der Waals surface area contributed by atoms with Gasteiger partial charge in [-0.2, -0.15) is 0 Å². The maximum absolute atomic E-state index is 11.9. The molecule has 1 amide bonds. The minimum Gasteiger partial charge on any atom is -0.347 e. The zero-order valence-electron chi connectivity index (χ0n) is 9.66. The van der Waals surface area contributed by atoms with Crippen molar-refractivity contribution in [2.45, 2.75) is 6.54 Å². The van der Waals surface area contributed by atoms with E-state index in [2.05, 4.69) is 26.2 Å². The molecule has 0 fully saturated rings. The molecule has 0 atom stereocenters. The highest BCUT2D eigenvalue weighted by molar-refractivity contribution is 9.10. The van der Waals surface area contributed by atoms with Crippen molar-refractivity contribution >= 4 is 45.0 Å². The number of rotatable bonds is 3. The van der Waals surface area contributed by atoms with Crippen molar-refractivity contribution in [1.29, 1.82) is 0 Å². The molecule has 98 valence electrons. The summed E-state index contributed by atoms with van der Waals surface area (Å²) in [6.07, 6.45) is 0. The molecule has 0 unspecified atom stereocenters. The molecule has 0 aliphatic heterocycles. The van der Waals surface area contributed by atoms with Crippen molar-refractivity contribution < 1.29 is 4.79 Å². The Kier molecular flexibility index (Phi) is 4.80. The molecule has 0 aliphatic rings. The monoisotopic (exact) mass is 358 g/mol. The molecule has 1 heterocycles. The number of halogens is 3. The van der Waals surface area contributed by atoms with E-state index in [0.717, 1.165) is 5.56 Å². The number of aromatic nitrogens is 1. The van der Waals surface area contributed by atoms with Crippen LogP contribution in [-0.2, 0) is 6.54 Å². The second-order valence-corrected chi connectivity index (χ2v) is 5.54. The summed E-state index contributed by atoms with van der Waals surface area (Å²) >= 11 is 14.8. The van der Waals surface area contributed by atoms with Crippen LogP contribution in [0.3, 0.4) is 0 Å². The minimum absolute atomic E-state index is 0.269. The first-order chi connectivity index (χ1) is 9.04. The average molecular weight is 360 g/mol. The average Bonchev–Trinajstić information content (AvgIpc) is 2.36. The predicted molar refractivity (Wildman–Crippen MR) is 79.6 cm³/mol. The molecule has 6 heteroatoms. The van der Waals surface area contributed by atoms with Crippen molar-refractivity contribution in [3.63, 3.8) is 0 Å². The van der Waals surface area contributed by atoms with Crippen molar-refractivity contribution in [3.8, 4) is 0 Å². The van der Waals surface area contributed by atoms with Gasteiger partial charge in [0.15, 0.2) is 0 Å². The lowest BCUT2D eigenvalue weighted by Crippen LogP contribution is -2.23. The van der Waals surface area contributed by atoms with Crippen LogP contribution < -0.4 is 5.32 Å². The van der Waals surface area contributed by atoms with Gasteiger partial charge < -0.3 is 5.32 Å². The van der Waals surface area contributed by atoms with E-state index in [4.69, 9.17) is 23.2 Å². The van der Waals surface area contributed by atoms with E-state index in [0.29, 0.717) is 16.0 Å². The topological polar surface area (TPSA) is 42.0 Å². The first-order valence-electron chi connectivity index (χ1n) is 5.40. The van der Waals surface area contributed by atoms with Gasteiger partial charge >= 0.3 is 0 Å². The van der Waals surface area contributed by atoms with Crippen LogP contribution in [0.15, 0.2) is 40.9 Å². The Balaban J connectivity index is 2.03. The number of pyridine rings is 1. The highest BCUT2D eigenvalue weighted by Crippen LogP contribution is 2.16. The Hall–Kier alpha value is -1.10. The fourth-order valence-electron chi connectivity index (χ4n) is 1.46.